The number of rotatable bonds is 6. The molecule has 5 nitrogen and oxygen atoms in total. The van der Waals surface area contributed by atoms with Crippen molar-refractivity contribution in [3.05, 3.63) is 42.0 Å². The van der Waals surface area contributed by atoms with Crippen LogP contribution >= 0.6 is 0 Å². The van der Waals surface area contributed by atoms with Gasteiger partial charge in [0.25, 0.3) is 0 Å². The van der Waals surface area contributed by atoms with Crippen LogP contribution in [0.15, 0.2) is 30.6 Å². The van der Waals surface area contributed by atoms with Gasteiger partial charge in [-0.05, 0) is 37.1 Å². The third-order valence-electron chi connectivity index (χ3n) is 2.78. The highest BCUT2D eigenvalue weighted by molar-refractivity contribution is 5.26. The first-order valence-electron chi connectivity index (χ1n) is 6.16. The number of phenols is 1. The highest BCUT2D eigenvalue weighted by atomic mass is 16.3. The number of aromatic nitrogens is 3. The summed E-state index contributed by atoms with van der Waals surface area (Å²) in [7, 11) is 0. The van der Waals surface area contributed by atoms with Gasteiger partial charge in [-0.15, -0.1) is 0 Å². The zero-order valence-corrected chi connectivity index (χ0v) is 10.4. The van der Waals surface area contributed by atoms with Crippen LogP contribution in [0.3, 0.4) is 0 Å². The zero-order valence-electron chi connectivity index (χ0n) is 10.4. The summed E-state index contributed by atoms with van der Waals surface area (Å²) < 4.78 is 0. The zero-order chi connectivity index (χ0) is 12.8. The number of nitrogens with zero attached hydrogens (tertiary/aromatic N) is 2. The molecule has 5 heteroatoms. The van der Waals surface area contributed by atoms with E-state index in [1.54, 1.807) is 12.1 Å². The second kappa shape index (κ2) is 6.16. The van der Waals surface area contributed by atoms with E-state index in [1.165, 1.54) is 6.33 Å². The van der Waals surface area contributed by atoms with Crippen molar-refractivity contribution >= 4 is 0 Å². The Labute approximate surface area is 106 Å². The fraction of sp³-hybridized carbons (Fsp3) is 0.385. The van der Waals surface area contributed by atoms with Gasteiger partial charge >= 0.3 is 0 Å². The van der Waals surface area contributed by atoms with Crippen LogP contribution in [0.1, 0.15) is 30.8 Å². The molecule has 0 amide bonds. The van der Waals surface area contributed by atoms with E-state index in [-0.39, 0.29) is 11.8 Å². The van der Waals surface area contributed by atoms with Gasteiger partial charge in [0.15, 0.2) is 0 Å². The van der Waals surface area contributed by atoms with Gasteiger partial charge in [-0.3, -0.25) is 5.10 Å². The Balaban J connectivity index is 2.07. The average Bonchev–Trinajstić information content (AvgIpc) is 2.90. The molecule has 1 unspecified atom stereocenters. The van der Waals surface area contributed by atoms with E-state index in [0.29, 0.717) is 0 Å². The summed E-state index contributed by atoms with van der Waals surface area (Å²) in [6, 6.07) is 7.37. The van der Waals surface area contributed by atoms with Crippen molar-refractivity contribution in [1.82, 2.24) is 20.5 Å². The summed E-state index contributed by atoms with van der Waals surface area (Å²) in [5, 5.41) is 19.5. The molecule has 0 saturated heterocycles. The summed E-state index contributed by atoms with van der Waals surface area (Å²) >= 11 is 0. The van der Waals surface area contributed by atoms with Crippen LogP contribution < -0.4 is 5.32 Å². The van der Waals surface area contributed by atoms with Crippen molar-refractivity contribution in [1.29, 1.82) is 0 Å². The number of phenolic OH excluding ortho intramolecular Hbond substituents is 1. The molecular formula is C13H18N4O. The number of aromatic hydroxyl groups is 1. The van der Waals surface area contributed by atoms with Crippen LogP contribution in [0.4, 0.5) is 0 Å². The molecule has 0 saturated carbocycles. The lowest BCUT2D eigenvalue weighted by Gasteiger charge is -2.16. The Kier molecular flexibility index (Phi) is 4.30. The Bertz CT molecular complexity index is 452. The van der Waals surface area contributed by atoms with Crippen LogP contribution in [0, 0.1) is 0 Å². The van der Waals surface area contributed by atoms with Gasteiger partial charge in [-0.25, -0.2) is 4.98 Å². The Morgan fingerprint density at radius 1 is 1.33 bits per heavy atom. The van der Waals surface area contributed by atoms with Gasteiger partial charge in [0.2, 0.25) is 0 Å². The van der Waals surface area contributed by atoms with Crippen molar-refractivity contribution in [2.75, 3.05) is 6.54 Å². The smallest absolute Gasteiger partial charge is 0.141 e. The second-order valence-electron chi connectivity index (χ2n) is 4.25. The standard InChI is InChI=1S/C13H18N4O/c1-2-7-14-12(13-15-9-16-17-13)8-10-3-5-11(18)6-4-10/h3-6,9,12,14,18H,2,7-8H2,1H3,(H,15,16,17). The Morgan fingerprint density at radius 2 is 2.11 bits per heavy atom. The predicted octanol–water partition coefficient (Wildman–Crippen LogP) is 1.79. The molecule has 2 aromatic rings. The normalized spacial score (nSPS) is 12.5. The van der Waals surface area contributed by atoms with E-state index in [4.69, 9.17) is 0 Å². The molecule has 0 bridgehead atoms. The number of nitrogens with one attached hydrogen (secondary N) is 2. The molecular weight excluding hydrogens is 228 g/mol. The fourth-order valence-electron chi connectivity index (χ4n) is 1.83. The monoisotopic (exact) mass is 246 g/mol. The maximum absolute atomic E-state index is 9.27. The molecule has 2 rings (SSSR count). The molecule has 0 spiro atoms. The summed E-state index contributed by atoms with van der Waals surface area (Å²) in [6.45, 7) is 3.06. The van der Waals surface area contributed by atoms with Crippen molar-refractivity contribution in [3.8, 4) is 5.75 Å². The molecule has 0 aliphatic carbocycles. The lowest BCUT2D eigenvalue weighted by Crippen LogP contribution is -2.25. The topological polar surface area (TPSA) is 73.8 Å². The number of hydrogen-bond donors (Lipinski definition) is 3. The van der Waals surface area contributed by atoms with Gasteiger partial charge in [-0.1, -0.05) is 19.1 Å². The van der Waals surface area contributed by atoms with Gasteiger partial charge in [0.1, 0.15) is 17.9 Å². The molecule has 3 N–H and O–H groups in total. The average molecular weight is 246 g/mol. The molecule has 1 aromatic heterocycles. The third kappa shape index (κ3) is 3.30. The molecule has 96 valence electrons. The van der Waals surface area contributed by atoms with Crippen LogP contribution in [0.5, 0.6) is 5.75 Å². The molecule has 0 fully saturated rings. The van der Waals surface area contributed by atoms with Crippen molar-refractivity contribution < 1.29 is 5.11 Å². The first-order chi connectivity index (χ1) is 8.79. The van der Waals surface area contributed by atoms with Crippen LogP contribution in [-0.4, -0.2) is 26.8 Å². The lowest BCUT2D eigenvalue weighted by atomic mass is 10.1. The van der Waals surface area contributed by atoms with Gasteiger partial charge in [-0.2, -0.15) is 5.10 Å². The van der Waals surface area contributed by atoms with E-state index < -0.39 is 0 Å². The first-order valence-corrected chi connectivity index (χ1v) is 6.16. The molecule has 0 aliphatic heterocycles. The highest BCUT2D eigenvalue weighted by Crippen LogP contribution is 2.17. The fourth-order valence-corrected chi connectivity index (χ4v) is 1.83. The van der Waals surface area contributed by atoms with Crippen LogP contribution in [0.25, 0.3) is 0 Å². The van der Waals surface area contributed by atoms with E-state index in [1.807, 2.05) is 12.1 Å². The first kappa shape index (κ1) is 12.6. The molecule has 1 aromatic carbocycles. The molecule has 1 atom stereocenters. The Hall–Kier alpha value is -1.88. The SMILES string of the molecule is CCCNC(Cc1ccc(O)cc1)c1ncn[nH]1. The van der Waals surface area contributed by atoms with E-state index in [2.05, 4.69) is 27.4 Å². The third-order valence-corrected chi connectivity index (χ3v) is 2.78. The van der Waals surface area contributed by atoms with Crippen molar-refractivity contribution in [3.63, 3.8) is 0 Å². The van der Waals surface area contributed by atoms with Crippen molar-refractivity contribution in [2.24, 2.45) is 0 Å². The van der Waals surface area contributed by atoms with E-state index in [0.717, 1.165) is 30.8 Å². The van der Waals surface area contributed by atoms with Crippen molar-refractivity contribution in [2.45, 2.75) is 25.8 Å². The minimum atomic E-state index is 0.122. The summed E-state index contributed by atoms with van der Waals surface area (Å²) in [5.41, 5.74) is 1.15. The minimum Gasteiger partial charge on any atom is -0.508 e. The maximum Gasteiger partial charge on any atom is 0.141 e. The summed E-state index contributed by atoms with van der Waals surface area (Å²) in [5.74, 6) is 1.13. The molecule has 1 heterocycles. The summed E-state index contributed by atoms with van der Waals surface area (Å²) in [4.78, 5) is 4.20. The highest BCUT2D eigenvalue weighted by Gasteiger charge is 2.14. The number of aromatic amines is 1. The lowest BCUT2D eigenvalue weighted by molar-refractivity contribution is 0.474. The van der Waals surface area contributed by atoms with Crippen LogP contribution in [0.2, 0.25) is 0 Å². The Morgan fingerprint density at radius 3 is 2.72 bits per heavy atom. The van der Waals surface area contributed by atoms with Gasteiger partial charge < -0.3 is 10.4 Å². The summed E-state index contributed by atoms with van der Waals surface area (Å²) in [6.07, 6.45) is 3.41. The second-order valence-corrected chi connectivity index (χ2v) is 4.25. The predicted molar refractivity (Wildman–Crippen MR) is 69.2 cm³/mol. The molecule has 0 aliphatic rings. The quantitative estimate of drug-likeness (QED) is 0.726. The maximum atomic E-state index is 9.27. The molecule has 0 radical (unpaired) electrons. The van der Waals surface area contributed by atoms with Gasteiger partial charge in [0.05, 0.1) is 6.04 Å². The van der Waals surface area contributed by atoms with Crippen LogP contribution in [-0.2, 0) is 6.42 Å². The number of benzene rings is 1. The minimum absolute atomic E-state index is 0.122. The van der Waals surface area contributed by atoms with E-state index >= 15 is 0 Å². The number of hydrogen-bond acceptors (Lipinski definition) is 4. The number of H-pyrrole nitrogens is 1. The van der Waals surface area contributed by atoms with E-state index in [9.17, 15) is 5.11 Å². The van der Waals surface area contributed by atoms with Gasteiger partial charge in [0, 0.05) is 0 Å². The largest absolute Gasteiger partial charge is 0.508 e. The molecule has 18 heavy (non-hydrogen) atoms.